The van der Waals surface area contributed by atoms with Crippen LogP contribution in [0.2, 0.25) is 0 Å². The van der Waals surface area contributed by atoms with Crippen LogP contribution in [-0.4, -0.2) is 44.5 Å². The molecule has 0 atom stereocenters. The normalized spacial score (nSPS) is 11.6. The van der Waals surface area contributed by atoms with Crippen molar-refractivity contribution in [3.8, 4) is 0 Å². The Morgan fingerprint density at radius 2 is 2.20 bits per heavy atom. The van der Waals surface area contributed by atoms with E-state index in [1.807, 2.05) is 11.6 Å². The van der Waals surface area contributed by atoms with Crippen molar-refractivity contribution in [3.63, 3.8) is 0 Å². The van der Waals surface area contributed by atoms with Gasteiger partial charge in [0.15, 0.2) is 10.8 Å². The van der Waals surface area contributed by atoms with Crippen LogP contribution in [0.15, 0.2) is 23.5 Å². The average molecular weight is 363 g/mol. The molecule has 2 heterocycles. The molecule has 0 bridgehead atoms. The van der Waals surface area contributed by atoms with Gasteiger partial charge in [0.05, 0.1) is 18.1 Å². The van der Waals surface area contributed by atoms with Gasteiger partial charge in [-0.25, -0.2) is 14.6 Å². The van der Waals surface area contributed by atoms with E-state index < -0.39 is 0 Å². The molecule has 0 unspecified atom stereocenters. The lowest BCUT2D eigenvalue weighted by Gasteiger charge is -2.11. The summed E-state index contributed by atoms with van der Waals surface area (Å²) in [6, 6.07) is 0. The zero-order valence-electron chi connectivity index (χ0n) is 15.2. The summed E-state index contributed by atoms with van der Waals surface area (Å²) in [5.41, 5.74) is 0.789. The van der Waals surface area contributed by atoms with Crippen LogP contribution in [0.25, 0.3) is 11.0 Å². The van der Waals surface area contributed by atoms with Crippen molar-refractivity contribution in [1.29, 1.82) is 0 Å². The molecule has 0 spiro atoms. The summed E-state index contributed by atoms with van der Waals surface area (Å²) in [5, 5.41) is 12.3. The number of carbonyl (C=O) groups excluding carboxylic acids is 1. The first kappa shape index (κ1) is 19.2. The third kappa shape index (κ3) is 5.45. The number of carbonyl (C=O) groups is 1. The largest absolute Gasteiger partial charge is 0.369 e. The van der Waals surface area contributed by atoms with E-state index in [1.54, 1.807) is 24.0 Å². The number of fused-ring (bicyclic) bond motifs is 1. The van der Waals surface area contributed by atoms with Gasteiger partial charge in [0.25, 0.3) is 0 Å². The number of allylic oxidation sites excluding steroid dienone is 1. The monoisotopic (exact) mass is 362 g/mol. The predicted molar refractivity (Wildman–Crippen MR) is 103 cm³/mol. The number of rotatable bonds is 9. The van der Waals surface area contributed by atoms with Crippen LogP contribution in [0.5, 0.6) is 0 Å². The zero-order valence-corrected chi connectivity index (χ0v) is 16.1. The van der Waals surface area contributed by atoms with Gasteiger partial charge < -0.3 is 10.6 Å². The van der Waals surface area contributed by atoms with Crippen molar-refractivity contribution in [2.24, 2.45) is 5.92 Å². The molecule has 2 rings (SSSR count). The van der Waals surface area contributed by atoms with Crippen LogP contribution in [0.1, 0.15) is 27.7 Å². The summed E-state index contributed by atoms with van der Waals surface area (Å²) in [7, 11) is 0. The molecule has 136 valence electrons. The van der Waals surface area contributed by atoms with E-state index in [9.17, 15) is 4.79 Å². The molecule has 25 heavy (non-hydrogen) atoms. The van der Waals surface area contributed by atoms with Gasteiger partial charge in [-0.2, -0.15) is 5.10 Å². The fourth-order valence-corrected chi connectivity index (χ4v) is 2.79. The quantitative estimate of drug-likeness (QED) is 0.405. The molecule has 2 aromatic heterocycles. The van der Waals surface area contributed by atoms with Crippen molar-refractivity contribution >= 4 is 34.5 Å². The van der Waals surface area contributed by atoms with Gasteiger partial charge in [-0.15, -0.1) is 0 Å². The fourth-order valence-electron chi connectivity index (χ4n) is 2.22. The maximum Gasteiger partial charge on any atom is 0.243 e. The van der Waals surface area contributed by atoms with Gasteiger partial charge in [-0.05, 0) is 24.7 Å². The minimum absolute atomic E-state index is 0.102. The van der Waals surface area contributed by atoms with Crippen LogP contribution in [-0.2, 0) is 11.3 Å². The second kappa shape index (κ2) is 9.41. The molecule has 7 nitrogen and oxygen atoms in total. The van der Waals surface area contributed by atoms with Gasteiger partial charge in [-0.3, -0.25) is 4.79 Å². The van der Waals surface area contributed by atoms with Crippen LogP contribution < -0.4 is 10.6 Å². The molecule has 8 heteroatoms. The zero-order chi connectivity index (χ0) is 18.2. The fraction of sp³-hybridized carbons (Fsp3) is 0.529. The van der Waals surface area contributed by atoms with Crippen LogP contribution in [0, 0.1) is 5.92 Å². The van der Waals surface area contributed by atoms with Gasteiger partial charge in [0, 0.05) is 13.1 Å². The molecule has 0 saturated carbocycles. The Bertz CT molecular complexity index is 740. The highest BCUT2D eigenvalue weighted by Gasteiger charge is 2.13. The topological polar surface area (TPSA) is 84.7 Å². The van der Waals surface area contributed by atoms with Crippen molar-refractivity contribution in [1.82, 2.24) is 25.1 Å². The number of hydrogen-bond acceptors (Lipinski definition) is 6. The molecule has 0 fully saturated rings. The molecule has 2 N–H and O–H groups in total. The van der Waals surface area contributed by atoms with E-state index in [4.69, 9.17) is 0 Å². The number of aromatic nitrogens is 4. The number of thioether (sulfide) groups is 1. The van der Waals surface area contributed by atoms with Crippen LogP contribution in [0.3, 0.4) is 0 Å². The van der Waals surface area contributed by atoms with Crippen molar-refractivity contribution in [2.45, 2.75) is 39.4 Å². The molecule has 1 amide bonds. The Balaban J connectivity index is 2.22. The minimum atomic E-state index is -0.102. The summed E-state index contributed by atoms with van der Waals surface area (Å²) in [6.45, 7) is 10.1. The average Bonchev–Trinajstić information content (AvgIpc) is 2.96. The lowest BCUT2D eigenvalue weighted by atomic mass is 10.2. The molecule has 0 aliphatic heterocycles. The summed E-state index contributed by atoms with van der Waals surface area (Å²) < 4.78 is 1.81. The highest BCUT2D eigenvalue weighted by atomic mass is 32.2. The lowest BCUT2D eigenvalue weighted by molar-refractivity contribution is -0.116. The first-order valence-electron chi connectivity index (χ1n) is 8.55. The Kier molecular flexibility index (Phi) is 7.24. The second-order valence-corrected chi connectivity index (χ2v) is 7.19. The van der Waals surface area contributed by atoms with E-state index in [0.29, 0.717) is 19.0 Å². The number of amides is 1. The number of anilines is 1. The lowest BCUT2D eigenvalue weighted by Crippen LogP contribution is -2.25. The Hall–Kier alpha value is -2.09. The number of nitrogens with zero attached hydrogens (tertiary/aromatic N) is 4. The van der Waals surface area contributed by atoms with Gasteiger partial charge in [0.2, 0.25) is 5.91 Å². The maximum atomic E-state index is 11.5. The van der Waals surface area contributed by atoms with Crippen LogP contribution in [0.4, 0.5) is 5.82 Å². The Labute approximate surface area is 152 Å². The minimum Gasteiger partial charge on any atom is -0.369 e. The molecular weight excluding hydrogens is 336 g/mol. The molecule has 0 aromatic carbocycles. The SMILES string of the molecule is CC=CC(=O)NCCn1ncc2c(NCC(C)C)nc(SCC)nc21. The van der Waals surface area contributed by atoms with Crippen LogP contribution >= 0.6 is 11.8 Å². The second-order valence-electron chi connectivity index (χ2n) is 5.96. The van der Waals surface area contributed by atoms with Crippen molar-refractivity contribution < 1.29 is 4.79 Å². The first-order chi connectivity index (χ1) is 12.0. The highest BCUT2D eigenvalue weighted by Crippen LogP contribution is 2.24. The summed E-state index contributed by atoms with van der Waals surface area (Å²) in [5.74, 6) is 2.14. The van der Waals surface area contributed by atoms with Gasteiger partial charge >= 0.3 is 0 Å². The molecule has 0 saturated heterocycles. The maximum absolute atomic E-state index is 11.5. The first-order valence-corrected chi connectivity index (χ1v) is 9.54. The van der Waals surface area contributed by atoms with Gasteiger partial charge in [-0.1, -0.05) is 38.6 Å². The third-order valence-corrected chi connectivity index (χ3v) is 4.10. The predicted octanol–water partition coefficient (Wildman–Crippen LogP) is 2.70. The standard InChI is InChI=1S/C17H26N6OS/c1-5-7-14(24)18-8-9-23-16-13(11-20-23)15(19-10-12(3)4)21-17(22-16)25-6-2/h5,7,11-12H,6,8-10H2,1-4H3,(H,18,24)(H,19,21,22). The number of hydrogen-bond donors (Lipinski definition) is 2. The van der Waals surface area contributed by atoms with Crippen molar-refractivity contribution in [3.05, 3.63) is 18.3 Å². The summed E-state index contributed by atoms with van der Waals surface area (Å²) in [4.78, 5) is 20.8. The van der Waals surface area contributed by atoms with E-state index in [1.165, 1.54) is 6.08 Å². The van der Waals surface area contributed by atoms with Gasteiger partial charge in [0.1, 0.15) is 5.82 Å². The number of nitrogens with one attached hydrogen (secondary N) is 2. The van der Waals surface area contributed by atoms with Crippen molar-refractivity contribution in [2.75, 3.05) is 24.2 Å². The van der Waals surface area contributed by atoms with E-state index in [0.717, 1.165) is 34.3 Å². The molecule has 2 aromatic rings. The summed E-state index contributed by atoms with van der Waals surface area (Å²) in [6.07, 6.45) is 5.01. The van der Waals surface area contributed by atoms with E-state index in [-0.39, 0.29) is 5.91 Å². The Morgan fingerprint density at radius 3 is 2.88 bits per heavy atom. The smallest absolute Gasteiger partial charge is 0.243 e. The third-order valence-electron chi connectivity index (χ3n) is 3.37. The molecule has 0 aliphatic rings. The van der Waals surface area contributed by atoms with E-state index >= 15 is 0 Å². The highest BCUT2D eigenvalue weighted by molar-refractivity contribution is 7.99. The molecule has 0 radical (unpaired) electrons. The Morgan fingerprint density at radius 1 is 1.40 bits per heavy atom. The van der Waals surface area contributed by atoms with E-state index in [2.05, 4.69) is 46.5 Å². The molecular formula is C17H26N6OS. The summed E-state index contributed by atoms with van der Waals surface area (Å²) >= 11 is 1.60. The molecule has 0 aliphatic carbocycles.